The molecule has 0 aliphatic carbocycles. The van der Waals surface area contributed by atoms with Crippen LogP contribution in [0.2, 0.25) is 0 Å². The summed E-state index contributed by atoms with van der Waals surface area (Å²) >= 11 is 0. The van der Waals surface area contributed by atoms with Crippen LogP contribution in [0.25, 0.3) is 22.3 Å². The van der Waals surface area contributed by atoms with Gasteiger partial charge in [-0.05, 0) is 29.3 Å². The zero-order valence-corrected chi connectivity index (χ0v) is 13.2. The molecular weight excluding hydrogens is 308 g/mol. The average molecular weight is 320 g/mol. The van der Waals surface area contributed by atoms with Crippen LogP contribution in [0.15, 0.2) is 60.7 Å². The number of anilines is 1. The second kappa shape index (κ2) is 6.59. The molecule has 0 bridgehead atoms. The molecule has 4 heteroatoms. The van der Waals surface area contributed by atoms with Crippen LogP contribution < -0.4 is 5.73 Å². The summed E-state index contributed by atoms with van der Waals surface area (Å²) in [4.78, 5) is 0. The lowest BCUT2D eigenvalue weighted by atomic mass is 9.89. The standard InChI is InChI=1S/C21H12N4/c22-11-14-6-8-15(9-7-14)18-10-17(12-23)19(13-24)20(21(18)25)16-4-2-1-3-5-16/h1-10H,25H2. The Kier molecular flexibility index (Phi) is 4.17. The van der Waals surface area contributed by atoms with E-state index in [-0.39, 0.29) is 11.1 Å². The molecule has 4 nitrogen and oxygen atoms in total. The molecular formula is C21H12N4. The van der Waals surface area contributed by atoms with Gasteiger partial charge in [0.25, 0.3) is 0 Å². The average Bonchev–Trinajstić information content (AvgIpc) is 2.68. The summed E-state index contributed by atoms with van der Waals surface area (Å²) in [6.45, 7) is 0. The van der Waals surface area contributed by atoms with Crippen molar-refractivity contribution in [2.24, 2.45) is 0 Å². The number of benzene rings is 3. The summed E-state index contributed by atoms with van der Waals surface area (Å²) in [5.41, 5.74) is 10.7. The van der Waals surface area contributed by atoms with Crippen LogP contribution >= 0.6 is 0 Å². The van der Waals surface area contributed by atoms with Crippen molar-refractivity contribution in [2.75, 3.05) is 5.73 Å². The molecule has 0 saturated heterocycles. The number of nitrogen functional groups attached to an aromatic ring is 1. The second-order valence-corrected chi connectivity index (χ2v) is 5.41. The number of nitrogens with two attached hydrogens (primary N) is 1. The van der Waals surface area contributed by atoms with Gasteiger partial charge in [-0.15, -0.1) is 0 Å². The van der Waals surface area contributed by atoms with Gasteiger partial charge < -0.3 is 5.73 Å². The van der Waals surface area contributed by atoms with Gasteiger partial charge in [-0.25, -0.2) is 0 Å². The molecule has 0 radical (unpaired) electrons. The molecule has 3 rings (SSSR count). The molecule has 3 aromatic rings. The smallest absolute Gasteiger partial charge is 0.101 e. The van der Waals surface area contributed by atoms with Gasteiger partial charge >= 0.3 is 0 Å². The summed E-state index contributed by atoms with van der Waals surface area (Å²) < 4.78 is 0. The first-order valence-corrected chi connectivity index (χ1v) is 7.52. The first-order chi connectivity index (χ1) is 12.2. The maximum Gasteiger partial charge on any atom is 0.101 e. The fourth-order valence-electron chi connectivity index (χ4n) is 2.77. The van der Waals surface area contributed by atoms with E-state index in [0.29, 0.717) is 22.4 Å². The predicted molar refractivity (Wildman–Crippen MR) is 95.9 cm³/mol. The van der Waals surface area contributed by atoms with Crippen molar-refractivity contribution >= 4 is 5.69 Å². The normalized spacial score (nSPS) is 9.64. The highest BCUT2D eigenvalue weighted by Gasteiger charge is 2.18. The van der Waals surface area contributed by atoms with E-state index in [1.165, 1.54) is 0 Å². The summed E-state index contributed by atoms with van der Waals surface area (Å²) in [5, 5.41) is 28.0. The van der Waals surface area contributed by atoms with Crippen molar-refractivity contribution in [1.29, 1.82) is 15.8 Å². The lowest BCUT2D eigenvalue weighted by Crippen LogP contribution is -2.00. The maximum atomic E-state index is 9.55. The van der Waals surface area contributed by atoms with Gasteiger partial charge in [0.2, 0.25) is 0 Å². The van der Waals surface area contributed by atoms with Crippen molar-refractivity contribution in [3.05, 3.63) is 77.4 Å². The number of rotatable bonds is 2. The molecule has 0 aliphatic rings. The largest absolute Gasteiger partial charge is 0.398 e. The third kappa shape index (κ3) is 2.79. The van der Waals surface area contributed by atoms with E-state index in [4.69, 9.17) is 11.0 Å². The maximum absolute atomic E-state index is 9.55. The molecule has 0 saturated carbocycles. The highest BCUT2D eigenvalue weighted by Crippen LogP contribution is 2.39. The van der Waals surface area contributed by atoms with Crippen molar-refractivity contribution in [1.82, 2.24) is 0 Å². The molecule has 2 N–H and O–H groups in total. The minimum absolute atomic E-state index is 0.267. The Balaban J connectivity index is 2.33. The fraction of sp³-hybridized carbons (Fsp3) is 0. The Hall–Kier alpha value is -4.07. The molecule has 0 amide bonds. The molecule has 0 spiro atoms. The number of hydrogen-bond donors (Lipinski definition) is 1. The summed E-state index contributed by atoms with van der Waals surface area (Å²) in [5.74, 6) is 0. The molecule has 0 heterocycles. The first-order valence-electron chi connectivity index (χ1n) is 7.52. The SMILES string of the molecule is N#Cc1ccc(-c2cc(C#N)c(C#N)c(-c3ccccc3)c2N)cc1. The topological polar surface area (TPSA) is 97.4 Å². The summed E-state index contributed by atoms with van der Waals surface area (Å²) in [6.07, 6.45) is 0. The summed E-state index contributed by atoms with van der Waals surface area (Å²) in [6, 6.07) is 24.2. The first kappa shape index (κ1) is 15.8. The van der Waals surface area contributed by atoms with E-state index in [1.54, 1.807) is 30.3 Å². The zero-order valence-electron chi connectivity index (χ0n) is 13.2. The van der Waals surface area contributed by atoms with Crippen molar-refractivity contribution in [3.63, 3.8) is 0 Å². The second-order valence-electron chi connectivity index (χ2n) is 5.41. The predicted octanol–water partition coefficient (Wildman–Crippen LogP) is 4.22. The Morgan fingerprint density at radius 2 is 1.40 bits per heavy atom. The molecule has 0 aromatic heterocycles. The van der Waals surface area contributed by atoms with E-state index in [2.05, 4.69) is 18.2 Å². The van der Waals surface area contributed by atoms with Crippen molar-refractivity contribution in [3.8, 4) is 40.5 Å². The van der Waals surface area contributed by atoms with E-state index in [1.807, 2.05) is 30.3 Å². The number of hydrogen-bond acceptors (Lipinski definition) is 4. The zero-order chi connectivity index (χ0) is 17.8. The van der Waals surface area contributed by atoms with Gasteiger partial charge in [0.1, 0.15) is 12.1 Å². The van der Waals surface area contributed by atoms with Crippen LogP contribution in [0.3, 0.4) is 0 Å². The van der Waals surface area contributed by atoms with Crippen LogP contribution in [-0.2, 0) is 0 Å². The highest BCUT2D eigenvalue weighted by atomic mass is 14.6. The van der Waals surface area contributed by atoms with Gasteiger partial charge in [0.15, 0.2) is 0 Å². The Labute approximate surface area is 145 Å². The van der Waals surface area contributed by atoms with E-state index in [9.17, 15) is 10.5 Å². The number of nitrogens with zero attached hydrogens (tertiary/aromatic N) is 3. The van der Waals surface area contributed by atoms with Gasteiger partial charge in [-0.3, -0.25) is 0 Å². The number of nitriles is 3. The molecule has 0 unspecified atom stereocenters. The van der Waals surface area contributed by atoms with Gasteiger partial charge in [0.05, 0.1) is 22.8 Å². The van der Waals surface area contributed by atoms with Crippen LogP contribution in [0, 0.1) is 34.0 Å². The molecule has 3 aromatic carbocycles. The lowest BCUT2D eigenvalue weighted by Gasteiger charge is -2.15. The van der Waals surface area contributed by atoms with Gasteiger partial charge in [-0.2, -0.15) is 15.8 Å². The van der Waals surface area contributed by atoms with E-state index in [0.717, 1.165) is 11.1 Å². The van der Waals surface area contributed by atoms with Crippen molar-refractivity contribution in [2.45, 2.75) is 0 Å². The summed E-state index contributed by atoms with van der Waals surface area (Å²) in [7, 11) is 0. The minimum atomic E-state index is 0.267. The van der Waals surface area contributed by atoms with Crippen LogP contribution in [0.5, 0.6) is 0 Å². The van der Waals surface area contributed by atoms with Crippen LogP contribution in [-0.4, -0.2) is 0 Å². The highest BCUT2D eigenvalue weighted by molar-refractivity contribution is 5.94. The third-order valence-electron chi connectivity index (χ3n) is 3.99. The third-order valence-corrected chi connectivity index (χ3v) is 3.99. The Morgan fingerprint density at radius 3 is 1.96 bits per heavy atom. The van der Waals surface area contributed by atoms with Crippen LogP contribution in [0.1, 0.15) is 16.7 Å². The van der Waals surface area contributed by atoms with E-state index >= 15 is 0 Å². The van der Waals surface area contributed by atoms with Crippen LogP contribution in [0.4, 0.5) is 5.69 Å². The molecule has 25 heavy (non-hydrogen) atoms. The minimum Gasteiger partial charge on any atom is -0.398 e. The lowest BCUT2D eigenvalue weighted by molar-refractivity contribution is 1.42. The Morgan fingerprint density at radius 1 is 0.720 bits per heavy atom. The molecule has 0 aliphatic heterocycles. The van der Waals surface area contributed by atoms with Crippen molar-refractivity contribution < 1.29 is 0 Å². The quantitative estimate of drug-likeness (QED) is 0.715. The molecule has 0 fully saturated rings. The molecule has 0 atom stereocenters. The monoisotopic (exact) mass is 320 g/mol. The van der Waals surface area contributed by atoms with Gasteiger partial charge in [0, 0.05) is 16.8 Å². The molecule has 116 valence electrons. The van der Waals surface area contributed by atoms with E-state index < -0.39 is 0 Å². The Bertz CT molecular complexity index is 1060. The van der Waals surface area contributed by atoms with Gasteiger partial charge in [-0.1, -0.05) is 42.5 Å². The fourth-order valence-corrected chi connectivity index (χ4v) is 2.77.